The van der Waals surface area contributed by atoms with Crippen LogP contribution in [0.4, 0.5) is 4.39 Å². The Hall–Kier alpha value is -0.150. The largest absolute Gasteiger partial charge is 0.313 e. The third-order valence-electron chi connectivity index (χ3n) is 2.08. The van der Waals surface area contributed by atoms with Crippen LogP contribution in [0.1, 0.15) is 12.8 Å². The molecule has 1 rings (SSSR count). The SMILES string of the molecule is CN(CCNCCF)C1CC1. The van der Waals surface area contributed by atoms with E-state index >= 15 is 0 Å². The quantitative estimate of drug-likeness (QED) is 0.574. The first-order chi connectivity index (χ1) is 5.34. The molecule has 0 aromatic heterocycles. The van der Waals surface area contributed by atoms with E-state index in [2.05, 4.69) is 17.3 Å². The molecule has 0 aliphatic heterocycles. The summed E-state index contributed by atoms with van der Waals surface area (Å²) in [4.78, 5) is 2.34. The zero-order valence-electron chi connectivity index (χ0n) is 7.15. The fraction of sp³-hybridized carbons (Fsp3) is 1.00. The van der Waals surface area contributed by atoms with Gasteiger partial charge in [-0.1, -0.05) is 0 Å². The molecule has 11 heavy (non-hydrogen) atoms. The van der Waals surface area contributed by atoms with Gasteiger partial charge in [-0.3, -0.25) is 0 Å². The van der Waals surface area contributed by atoms with Crippen LogP contribution >= 0.6 is 0 Å². The van der Waals surface area contributed by atoms with Gasteiger partial charge in [0.05, 0.1) is 0 Å². The summed E-state index contributed by atoms with van der Waals surface area (Å²) in [5.41, 5.74) is 0. The van der Waals surface area contributed by atoms with Crippen molar-refractivity contribution in [2.24, 2.45) is 0 Å². The second kappa shape index (κ2) is 4.67. The van der Waals surface area contributed by atoms with Crippen LogP contribution in [-0.4, -0.2) is 44.3 Å². The summed E-state index contributed by atoms with van der Waals surface area (Å²) < 4.78 is 11.6. The van der Waals surface area contributed by atoms with E-state index in [1.807, 2.05) is 0 Å². The van der Waals surface area contributed by atoms with Gasteiger partial charge in [-0.2, -0.15) is 0 Å². The van der Waals surface area contributed by atoms with Crippen molar-refractivity contribution >= 4 is 0 Å². The molecule has 1 saturated carbocycles. The minimum Gasteiger partial charge on any atom is -0.313 e. The molecular weight excluding hydrogens is 143 g/mol. The van der Waals surface area contributed by atoms with Gasteiger partial charge in [0.2, 0.25) is 0 Å². The van der Waals surface area contributed by atoms with Crippen molar-refractivity contribution in [3.8, 4) is 0 Å². The van der Waals surface area contributed by atoms with Gasteiger partial charge in [0.25, 0.3) is 0 Å². The van der Waals surface area contributed by atoms with Crippen molar-refractivity contribution in [3.63, 3.8) is 0 Å². The Balaban J connectivity index is 1.85. The van der Waals surface area contributed by atoms with Crippen LogP contribution in [0.5, 0.6) is 0 Å². The number of likely N-dealkylation sites (N-methyl/N-ethyl adjacent to an activating group) is 1. The van der Waals surface area contributed by atoms with E-state index in [1.54, 1.807) is 0 Å². The number of alkyl halides is 1. The molecule has 0 spiro atoms. The maximum Gasteiger partial charge on any atom is 0.102 e. The summed E-state index contributed by atoms with van der Waals surface area (Å²) in [7, 11) is 2.13. The van der Waals surface area contributed by atoms with E-state index in [1.165, 1.54) is 12.8 Å². The van der Waals surface area contributed by atoms with E-state index in [4.69, 9.17) is 0 Å². The van der Waals surface area contributed by atoms with E-state index in [-0.39, 0.29) is 6.67 Å². The third-order valence-corrected chi connectivity index (χ3v) is 2.08. The normalized spacial score (nSPS) is 17.7. The summed E-state index contributed by atoms with van der Waals surface area (Å²) in [6.07, 6.45) is 2.69. The van der Waals surface area contributed by atoms with Crippen LogP contribution in [0, 0.1) is 0 Å². The lowest BCUT2D eigenvalue weighted by Gasteiger charge is -2.14. The Morgan fingerprint density at radius 1 is 1.45 bits per heavy atom. The van der Waals surface area contributed by atoms with E-state index < -0.39 is 0 Å². The number of rotatable bonds is 6. The average molecular weight is 160 g/mol. The Morgan fingerprint density at radius 3 is 2.73 bits per heavy atom. The van der Waals surface area contributed by atoms with E-state index in [0.29, 0.717) is 6.54 Å². The molecule has 1 aliphatic rings. The Morgan fingerprint density at radius 2 is 2.18 bits per heavy atom. The third kappa shape index (κ3) is 3.68. The Bertz CT molecular complexity index is 104. The molecule has 0 aromatic rings. The lowest BCUT2D eigenvalue weighted by Crippen LogP contribution is -2.31. The first-order valence-electron chi connectivity index (χ1n) is 4.31. The molecule has 0 heterocycles. The van der Waals surface area contributed by atoms with Gasteiger partial charge < -0.3 is 10.2 Å². The summed E-state index contributed by atoms with van der Waals surface area (Å²) >= 11 is 0. The highest BCUT2D eigenvalue weighted by Gasteiger charge is 2.25. The van der Waals surface area contributed by atoms with Crippen LogP contribution < -0.4 is 5.32 Å². The molecule has 66 valence electrons. The molecule has 0 bridgehead atoms. The van der Waals surface area contributed by atoms with Gasteiger partial charge >= 0.3 is 0 Å². The summed E-state index contributed by atoms with van der Waals surface area (Å²) in [6.45, 7) is 2.20. The molecule has 0 amide bonds. The van der Waals surface area contributed by atoms with E-state index in [9.17, 15) is 4.39 Å². The van der Waals surface area contributed by atoms with Gasteiger partial charge in [-0.05, 0) is 19.9 Å². The molecule has 1 fully saturated rings. The molecule has 0 atom stereocenters. The predicted octanol–water partition coefficient (Wildman–Crippen LogP) is 0.640. The van der Waals surface area contributed by atoms with Crippen LogP contribution in [-0.2, 0) is 0 Å². The van der Waals surface area contributed by atoms with Gasteiger partial charge in [0.1, 0.15) is 6.67 Å². The number of halogens is 1. The Labute approximate surface area is 67.8 Å². The number of nitrogens with zero attached hydrogens (tertiary/aromatic N) is 1. The fourth-order valence-corrected chi connectivity index (χ4v) is 1.15. The van der Waals surface area contributed by atoms with Crippen molar-refractivity contribution < 1.29 is 4.39 Å². The first kappa shape index (κ1) is 8.94. The van der Waals surface area contributed by atoms with Gasteiger partial charge in [0, 0.05) is 25.7 Å². The Kier molecular flexibility index (Phi) is 3.80. The highest BCUT2D eigenvalue weighted by molar-refractivity contribution is 4.82. The second-order valence-corrected chi connectivity index (χ2v) is 3.15. The van der Waals surface area contributed by atoms with E-state index in [0.717, 1.165) is 19.1 Å². The topological polar surface area (TPSA) is 15.3 Å². The molecule has 3 heteroatoms. The van der Waals surface area contributed by atoms with Crippen molar-refractivity contribution in [1.82, 2.24) is 10.2 Å². The predicted molar refractivity (Wildman–Crippen MR) is 44.5 cm³/mol. The van der Waals surface area contributed by atoms with Crippen molar-refractivity contribution in [1.29, 1.82) is 0 Å². The molecule has 2 nitrogen and oxygen atoms in total. The summed E-state index contributed by atoms with van der Waals surface area (Å²) in [6, 6.07) is 0.821. The number of hydrogen-bond acceptors (Lipinski definition) is 2. The zero-order valence-corrected chi connectivity index (χ0v) is 7.15. The van der Waals surface area contributed by atoms with Gasteiger partial charge in [-0.25, -0.2) is 4.39 Å². The second-order valence-electron chi connectivity index (χ2n) is 3.15. The maximum atomic E-state index is 11.6. The van der Waals surface area contributed by atoms with Crippen LogP contribution in [0.25, 0.3) is 0 Å². The molecule has 0 radical (unpaired) electrons. The maximum absolute atomic E-state index is 11.6. The molecule has 0 unspecified atom stereocenters. The first-order valence-corrected chi connectivity index (χ1v) is 4.31. The van der Waals surface area contributed by atoms with Crippen molar-refractivity contribution in [3.05, 3.63) is 0 Å². The fourth-order valence-electron chi connectivity index (χ4n) is 1.15. The lowest BCUT2D eigenvalue weighted by molar-refractivity contribution is 0.319. The van der Waals surface area contributed by atoms with Crippen LogP contribution in [0.3, 0.4) is 0 Å². The number of nitrogens with one attached hydrogen (secondary N) is 1. The van der Waals surface area contributed by atoms with Crippen molar-refractivity contribution in [2.75, 3.05) is 33.4 Å². The molecule has 1 aliphatic carbocycles. The molecule has 0 aromatic carbocycles. The monoisotopic (exact) mass is 160 g/mol. The highest BCUT2D eigenvalue weighted by atomic mass is 19.1. The van der Waals surface area contributed by atoms with Crippen LogP contribution in [0.15, 0.2) is 0 Å². The smallest absolute Gasteiger partial charge is 0.102 e. The van der Waals surface area contributed by atoms with Crippen molar-refractivity contribution in [2.45, 2.75) is 18.9 Å². The lowest BCUT2D eigenvalue weighted by atomic mass is 10.5. The highest BCUT2D eigenvalue weighted by Crippen LogP contribution is 2.24. The summed E-state index contributed by atoms with van der Waals surface area (Å²) in [5.74, 6) is 0. The van der Waals surface area contributed by atoms with Gasteiger partial charge in [0.15, 0.2) is 0 Å². The number of hydrogen-bond donors (Lipinski definition) is 1. The molecule has 0 saturated heterocycles. The zero-order chi connectivity index (χ0) is 8.10. The van der Waals surface area contributed by atoms with Gasteiger partial charge in [-0.15, -0.1) is 0 Å². The standard InChI is InChI=1S/C8H17FN2/c1-11(8-2-3-8)7-6-10-5-4-9/h8,10H,2-7H2,1H3. The summed E-state index contributed by atoms with van der Waals surface area (Å²) in [5, 5.41) is 3.03. The van der Waals surface area contributed by atoms with Crippen LogP contribution in [0.2, 0.25) is 0 Å². The molecular formula is C8H17FN2. The minimum absolute atomic E-state index is 0.257. The average Bonchev–Trinajstić information content (AvgIpc) is 2.79. The molecule has 1 N–H and O–H groups in total. The minimum atomic E-state index is -0.257.